The van der Waals surface area contributed by atoms with E-state index in [0.29, 0.717) is 5.44 Å². The normalized spacial score (nSPS) is 26.2. The monoisotopic (exact) mass is 168 g/mol. The maximum atomic E-state index is 5.42. The molecule has 10 heavy (non-hydrogen) atoms. The average molecular weight is 168 g/mol. The van der Waals surface area contributed by atoms with E-state index in [1.54, 1.807) is 0 Å². The first-order chi connectivity index (χ1) is 4.97. The van der Waals surface area contributed by atoms with Crippen LogP contribution in [0.3, 0.4) is 0 Å². The third-order valence-corrected chi connectivity index (χ3v) is 4.79. The zero-order chi connectivity index (χ0) is 6.81. The first-order valence-electron chi connectivity index (χ1n) is 3.25. The largest absolute Gasteiger partial charge is 0.397 e. The van der Waals surface area contributed by atoms with Gasteiger partial charge in [0.15, 0.2) is 0 Å². The molecule has 0 aliphatic carbocycles. The standard InChI is InChI=1S/C7H8OSSi/c1-2-4-6(5-3-1)7-8-10-9-7/h1-5,7H,10H2. The minimum absolute atomic E-state index is 0.170. The third-order valence-electron chi connectivity index (χ3n) is 1.51. The zero-order valence-corrected chi connectivity index (χ0v) is 7.72. The molecule has 1 aromatic carbocycles. The van der Waals surface area contributed by atoms with Crippen LogP contribution < -0.4 is 0 Å². The quantitative estimate of drug-likeness (QED) is 0.587. The highest BCUT2D eigenvalue weighted by Gasteiger charge is 2.19. The second-order valence-electron chi connectivity index (χ2n) is 2.19. The van der Waals surface area contributed by atoms with Crippen molar-refractivity contribution in [3.8, 4) is 0 Å². The molecule has 0 spiro atoms. The lowest BCUT2D eigenvalue weighted by molar-refractivity contribution is 0.303. The molecule has 0 radical (unpaired) electrons. The Labute approximate surface area is 66.4 Å². The minimum Gasteiger partial charge on any atom is -0.397 e. The number of rotatable bonds is 1. The van der Waals surface area contributed by atoms with Crippen LogP contribution in [0.25, 0.3) is 0 Å². The fourth-order valence-corrected chi connectivity index (χ4v) is 3.15. The topological polar surface area (TPSA) is 9.23 Å². The van der Waals surface area contributed by atoms with Crippen molar-refractivity contribution in [2.45, 2.75) is 5.44 Å². The van der Waals surface area contributed by atoms with Crippen LogP contribution in [0.4, 0.5) is 0 Å². The summed E-state index contributed by atoms with van der Waals surface area (Å²) in [6, 6.07) is 10.4. The van der Waals surface area contributed by atoms with Gasteiger partial charge in [0.05, 0.1) is 0 Å². The van der Waals surface area contributed by atoms with Gasteiger partial charge in [-0.3, -0.25) is 0 Å². The van der Waals surface area contributed by atoms with Gasteiger partial charge in [-0.05, 0) is 5.56 Å². The number of benzene rings is 1. The van der Waals surface area contributed by atoms with E-state index in [4.69, 9.17) is 4.43 Å². The molecule has 0 saturated carbocycles. The summed E-state index contributed by atoms with van der Waals surface area (Å²) in [4.78, 5) is 0. The maximum absolute atomic E-state index is 5.42. The molecule has 1 unspecified atom stereocenters. The number of hydrogen-bond acceptors (Lipinski definition) is 2. The van der Waals surface area contributed by atoms with Crippen LogP contribution in [0, 0.1) is 0 Å². The van der Waals surface area contributed by atoms with Gasteiger partial charge in [-0.2, -0.15) is 0 Å². The maximum Gasteiger partial charge on any atom is 0.227 e. The molecule has 1 atom stereocenters. The molecule has 0 amide bonds. The number of hydrogen-bond donors (Lipinski definition) is 0. The first-order valence-corrected chi connectivity index (χ1v) is 6.61. The van der Waals surface area contributed by atoms with Crippen molar-refractivity contribution in [3.63, 3.8) is 0 Å². The summed E-state index contributed by atoms with van der Waals surface area (Å²) in [5, 5.41) is 0. The van der Waals surface area contributed by atoms with E-state index in [9.17, 15) is 0 Å². The molecule has 0 bridgehead atoms. The Balaban J connectivity index is 2.18. The Bertz CT molecular complexity index is 210. The van der Waals surface area contributed by atoms with Gasteiger partial charge in [0.2, 0.25) is 8.91 Å². The molecule has 1 aromatic rings. The van der Waals surface area contributed by atoms with Crippen LogP contribution in [0.5, 0.6) is 0 Å². The summed E-state index contributed by atoms with van der Waals surface area (Å²) in [7, 11) is -0.170. The highest BCUT2D eigenvalue weighted by molar-refractivity contribution is 8.23. The minimum atomic E-state index is -0.170. The second-order valence-corrected chi connectivity index (χ2v) is 5.23. The van der Waals surface area contributed by atoms with Crippen LogP contribution in [0.1, 0.15) is 11.0 Å². The molecule has 1 heterocycles. The molecule has 1 nitrogen and oxygen atoms in total. The Hall–Kier alpha value is -0.253. The van der Waals surface area contributed by atoms with E-state index in [1.165, 1.54) is 5.56 Å². The summed E-state index contributed by atoms with van der Waals surface area (Å²) in [5.41, 5.74) is 1.68. The van der Waals surface area contributed by atoms with Crippen LogP contribution in [0.15, 0.2) is 30.3 Å². The predicted molar refractivity (Wildman–Crippen MR) is 46.4 cm³/mol. The smallest absolute Gasteiger partial charge is 0.227 e. The molecule has 1 saturated heterocycles. The molecule has 3 heteroatoms. The SMILES string of the molecule is c1ccc(C2O[SiH2]S2)cc1. The zero-order valence-electron chi connectivity index (χ0n) is 5.49. The van der Waals surface area contributed by atoms with Gasteiger partial charge in [0.1, 0.15) is 5.44 Å². The fourth-order valence-electron chi connectivity index (χ4n) is 0.939. The fraction of sp³-hybridized carbons (Fsp3) is 0.143. The average Bonchev–Trinajstić information content (AvgIpc) is 1.86. The summed E-state index contributed by atoms with van der Waals surface area (Å²) in [5.74, 6) is 0. The Morgan fingerprint density at radius 2 is 2.00 bits per heavy atom. The molecular formula is C7H8OSSi. The van der Waals surface area contributed by atoms with Crippen molar-refractivity contribution in [1.29, 1.82) is 0 Å². The van der Waals surface area contributed by atoms with Crippen molar-refractivity contribution in [2.75, 3.05) is 0 Å². The highest BCUT2D eigenvalue weighted by Crippen LogP contribution is 2.36. The second kappa shape index (κ2) is 2.78. The molecule has 52 valence electrons. The summed E-state index contributed by atoms with van der Waals surface area (Å²) < 4.78 is 5.42. The van der Waals surface area contributed by atoms with E-state index in [2.05, 4.69) is 24.3 Å². The van der Waals surface area contributed by atoms with E-state index in [1.807, 2.05) is 17.3 Å². The lowest BCUT2D eigenvalue weighted by Crippen LogP contribution is -2.14. The van der Waals surface area contributed by atoms with Crippen LogP contribution in [-0.2, 0) is 4.43 Å². The van der Waals surface area contributed by atoms with Crippen LogP contribution >= 0.6 is 11.2 Å². The molecule has 1 aliphatic rings. The van der Waals surface area contributed by atoms with Gasteiger partial charge in [-0.25, -0.2) is 0 Å². The van der Waals surface area contributed by atoms with Crippen molar-refractivity contribution in [3.05, 3.63) is 35.9 Å². The van der Waals surface area contributed by atoms with Gasteiger partial charge in [0, 0.05) is 0 Å². The molecular weight excluding hydrogens is 160 g/mol. The van der Waals surface area contributed by atoms with Crippen LogP contribution in [0.2, 0.25) is 0 Å². The van der Waals surface area contributed by atoms with Gasteiger partial charge in [0.25, 0.3) is 0 Å². The lowest BCUT2D eigenvalue weighted by Gasteiger charge is -2.25. The van der Waals surface area contributed by atoms with Crippen molar-refractivity contribution in [1.82, 2.24) is 0 Å². The van der Waals surface area contributed by atoms with Gasteiger partial charge in [-0.15, -0.1) is 11.2 Å². The highest BCUT2D eigenvalue weighted by atomic mass is 32.4. The van der Waals surface area contributed by atoms with E-state index >= 15 is 0 Å². The predicted octanol–water partition coefficient (Wildman–Crippen LogP) is 1.45. The van der Waals surface area contributed by atoms with Gasteiger partial charge < -0.3 is 4.43 Å². The van der Waals surface area contributed by atoms with Crippen LogP contribution in [-0.4, -0.2) is 8.91 Å². The van der Waals surface area contributed by atoms with Gasteiger partial charge in [-0.1, -0.05) is 30.3 Å². The molecule has 0 N–H and O–H groups in total. The van der Waals surface area contributed by atoms with E-state index in [0.717, 1.165) is 0 Å². The molecule has 1 aliphatic heterocycles. The summed E-state index contributed by atoms with van der Waals surface area (Å²) in [6.07, 6.45) is 0. The lowest BCUT2D eigenvalue weighted by atomic mass is 10.2. The Morgan fingerprint density at radius 3 is 2.50 bits per heavy atom. The molecule has 0 aromatic heterocycles. The van der Waals surface area contributed by atoms with E-state index in [-0.39, 0.29) is 8.91 Å². The van der Waals surface area contributed by atoms with Crippen molar-refractivity contribution < 1.29 is 4.43 Å². The first kappa shape index (κ1) is 6.46. The third kappa shape index (κ3) is 1.12. The Kier molecular flexibility index (Phi) is 1.79. The summed E-state index contributed by atoms with van der Waals surface area (Å²) in [6.45, 7) is 0. The Morgan fingerprint density at radius 1 is 1.30 bits per heavy atom. The van der Waals surface area contributed by atoms with Crippen molar-refractivity contribution in [2.24, 2.45) is 0 Å². The molecule has 1 fully saturated rings. The van der Waals surface area contributed by atoms with Gasteiger partial charge >= 0.3 is 0 Å². The summed E-state index contributed by atoms with van der Waals surface area (Å²) >= 11 is 1.98. The molecule has 2 rings (SSSR count). The van der Waals surface area contributed by atoms with E-state index < -0.39 is 0 Å². The van der Waals surface area contributed by atoms with Crippen molar-refractivity contribution >= 4 is 20.1 Å².